The summed E-state index contributed by atoms with van der Waals surface area (Å²) >= 11 is 3.38. The number of methoxy groups -OCH3 is 1. The van der Waals surface area contributed by atoms with E-state index in [0.717, 1.165) is 11.9 Å². The minimum Gasteiger partial charge on any atom is -0.495 e. The average Bonchev–Trinajstić information content (AvgIpc) is 2.88. The molecule has 0 radical (unpaired) electrons. The molecule has 10 heteroatoms. The molecule has 0 unspecified atom stereocenters. The van der Waals surface area contributed by atoms with Crippen LogP contribution < -0.4 is 14.8 Å². The predicted molar refractivity (Wildman–Crippen MR) is 99.8 cm³/mol. The van der Waals surface area contributed by atoms with E-state index in [2.05, 4.69) is 36.2 Å². The smallest absolute Gasteiger partial charge is 0.277 e. The first-order valence-corrected chi connectivity index (χ1v) is 10.0. The van der Waals surface area contributed by atoms with Crippen LogP contribution in [0.1, 0.15) is 35.9 Å². The van der Waals surface area contributed by atoms with Crippen molar-refractivity contribution in [3.63, 3.8) is 0 Å². The second kappa shape index (κ2) is 7.44. The third kappa shape index (κ3) is 4.73. The molecule has 0 bridgehead atoms. The van der Waals surface area contributed by atoms with Gasteiger partial charge >= 0.3 is 0 Å². The minimum atomic E-state index is -3.49. The second-order valence-electron chi connectivity index (χ2n) is 5.70. The number of sulfonamides is 1. The highest BCUT2D eigenvalue weighted by Crippen LogP contribution is 2.30. The van der Waals surface area contributed by atoms with Crippen molar-refractivity contribution < 1.29 is 17.9 Å². The van der Waals surface area contributed by atoms with Gasteiger partial charge in [-0.15, -0.1) is 0 Å². The molecular weight excluding hydrogens is 412 g/mol. The fraction of sp³-hybridized carbons (Fsp3) is 0.333. The summed E-state index contributed by atoms with van der Waals surface area (Å²) in [6, 6.07) is 4.64. The van der Waals surface area contributed by atoms with Crippen LogP contribution in [-0.4, -0.2) is 37.9 Å². The zero-order valence-corrected chi connectivity index (χ0v) is 16.6. The normalized spacial score (nSPS) is 11.4. The number of hydrogen-bond donors (Lipinski definition) is 3. The fourth-order valence-electron chi connectivity index (χ4n) is 2.13. The van der Waals surface area contributed by atoms with E-state index in [4.69, 9.17) is 4.74 Å². The maximum absolute atomic E-state index is 12.4. The molecule has 136 valence electrons. The van der Waals surface area contributed by atoms with Crippen molar-refractivity contribution in [1.82, 2.24) is 10.2 Å². The van der Waals surface area contributed by atoms with Gasteiger partial charge in [-0.3, -0.25) is 14.6 Å². The van der Waals surface area contributed by atoms with Crippen molar-refractivity contribution in [2.45, 2.75) is 19.8 Å². The number of nitrogens with one attached hydrogen (secondary N) is 3. The molecule has 8 nitrogen and oxygen atoms in total. The molecule has 1 amide bonds. The number of nitrogens with zero attached hydrogens (tertiary/aromatic N) is 1. The molecule has 2 aromatic rings. The zero-order valence-electron chi connectivity index (χ0n) is 14.2. The van der Waals surface area contributed by atoms with Crippen molar-refractivity contribution in [3.05, 3.63) is 34.1 Å². The molecule has 0 fully saturated rings. The van der Waals surface area contributed by atoms with Crippen LogP contribution in [0, 0.1) is 0 Å². The van der Waals surface area contributed by atoms with E-state index in [0.29, 0.717) is 15.9 Å². The second-order valence-corrected chi connectivity index (χ2v) is 8.24. The number of halogens is 1. The lowest BCUT2D eigenvalue weighted by Crippen LogP contribution is -2.14. The molecule has 1 aromatic heterocycles. The van der Waals surface area contributed by atoms with Crippen molar-refractivity contribution in [2.24, 2.45) is 0 Å². The van der Waals surface area contributed by atoms with Gasteiger partial charge in [0.2, 0.25) is 10.0 Å². The summed E-state index contributed by atoms with van der Waals surface area (Å²) in [6.07, 6.45) is 1.03. The Morgan fingerprint density at radius 1 is 1.36 bits per heavy atom. The summed E-state index contributed by atoms with van der Waals surface area (Å²) in [5.74, 6) is 0.0898. The van der Waals surface area contributed by atoms with Gasteiger partial charge in [0.05, 0.1) is 29.2 Å². The van der Waals surface area contributed by atoms with E-state index in [9.17, 15) is 13.2 Å². The van der Waals surface area contributed by atoms with Crippen LogP contribution in [0.4, 0.5) is 11.4 Å². The summed E-state index contributed by atoms with van der Waals surface area (Å²) in [7, 11) is -2.06. The molecule has 25 heavy (non-hydrogen) atoms. The zero-order chi connectivity index (χ0) is 18.8. The van der Waals surface area contributed by atoms with Crippen molar-refractivity contribution in [1.29, 1.82) is 0 Å². The lowest BCUT2D eigenvalue weighted by Gasteiger charge is -2.12. The Bertz CT molecular complexity index is 893. The third-order valence-electron chi connectivity index (χ3n) is 3.28. The van der Waals surface area contributed by atoms with Gasteiger partial charge in [0.25, 0.3) is 5.91 Å². The molecule has 0 atom stereocenters. The lowest BCUT2D eigenvalue weighted by molar-refractivity contribution is 0.102. The van der Waals surface area contributed by atoms with Gasteiger partial charge in [-0.05, 0) is 40.0 Å². The van der Waals surface area contributed by atoms with E-state index in [1.807, 2.05) is 13.8 Å². The van der Waals surface area contributed by atoms with Crippen LogP contribution in [0.2, 0.25) is 0 Å². The van der Waals surface area contributed by atoms with Crippen molar-refractivity contribution >= 4 is 43.2 Å². The van der Waals surface area contributed by atoms with Gasteiger partial charge in [0.1, 0.15) is 5.75 Å². The predicted octanol–water partition coefficient (Wildman–Crippen LogP) is 2.93. The number of rotatable bonds is 6. The monoisotopic (exact) mass is 430 g/mol. The maximum atomic E-state index is 12.4. The van der Waals surface area contributed by atoms with Crippen LogP contribution in [0.15, 0.2) is 22.7 Å². The summed E-state index contributed by atoms with van der Waals surface area (Å²) in [4.78, 5) is 12.4. The molecule has 3 N–H and O–H groups in total. The van der Waals surface area contributed by atoms with Gasteiger partial charge in [0.15, 0.2) is 5.69 Å². The molecular formula is C15H19BrN4O4S. The maximum Gasteiger partial charge on any atom is 0.277 e. The third-order valence-corrected chi connectivity index (χ3v) is 4.67. The van der Waals surface area contributed by atoms with Crippen LogP contribution in [0.25, 0.3) is 0 Å². The number of aromatic amines is 1. The topological polar surface area (TPSA) is 113 Å². The van der Waals surface area contributed by atoms with Gasteiger partial charge in [-0.25, -0.2) is 8.42 Å². The molecule has 0 aliphatic heterocycles. The Kier molecular flexibility index (Phi) is 5.73. The number of anilines is 2. The van der Waals surface area contributed by atoms with Crippen molar-refractivity contribution in [3.8, 4) is 5.75 Å². The van der Waals surface area contributed by atoms with E-state index in [1.165, 1.54) is 13.2 Å². The average molecular weight is 431 g/mol. The van der Waals surface area contributed by atoms with Gasteiger partial charge in [-0.1, -0.05) is 13.8 Å². The van der Waals surface area contributed by atoms with E-state index < -0.39 is 15.9 Å². The number of hydrogen-bond acceptors (Lipinski definition) is 5. The first-order chi connectivity index (χ1) is 11.6. The Labute approximate surface area is 154 Å². The Morgan fingerprint density at radius 2 is 2.04 bits per heavy atom. The molecule has 2 rings (SSSR count). The van der Waals surface area contributed by atoms with Crippen LogP contribution in [0.5, 0.6) is 5.75 Å². The highest BCUT2D eigenvalue weighted by molar-refractivity contribution is 9.10. The number of carbonyl (C=O) groups excluding carboxylic acids is 1. The molecule has 0 spiro atoms. The standard InChI is InChI=1S/C15H19BrN4O4S/c1-8(2)13-12(16)14(19-18-13)15(21)17-9-5-6-11(24-3)10(7-9)20-25(4,22)23/h5-8,20H,1-4H3,(H,17,21)(H,18,19). The van der Waals surface area contributed by atoms with E-state index in [-0.39, 0.29) is 17.3 Å². The number of benzene rings is 1. The quantitative estimate of drug-likeness (QED) is 0.651. The summed E-state index contributed by atoms with van der Waals surface area (Å²) in [5, 5.41) is 9.55. The number of amides is 1. The lowest BCUT2D eigenvalue weighted by atomic mass is 10.1. The Balaban J connectivity index is 2.28. The Hall–Kier alpha value is -2.07. The first-order valence-electron chi connectivity index (χ1n) is 7.33. The van der Waals surface area contributed by atoms with Crippen LogP contribution >= 0.6 is 15.9 Å². The first kappa shape index (κ1) is 19.3. The molecule has 1 aromatic carbocycles. The number of carbonyl (C=O) groups is 1. The fourth-order valence-corrected chi connectivity index (χ4v) is 3.50. The largest absolute Gasteiger partial charge is 0.495 e. The van der Waals surface area contributed by atoms with Crippen LogP contribution in [-0.2, 0) is 10.0 Å². The highest BCUT2D eigenvalue weighted by atomic mass is 79.9. The molecule has 0 aliphatic rings. The van der Waals surface area contributed by atoms with Gasteiger partial charge in [0, 0.05) is 5.69 Å². The van der Waals surface area contributed by atoms with Crippen LogP contribution in [0.3, 0.4) is 0 Å². The molecule has 0 saturated carbocycles. The minimum absolute atomic E-state index is 0.176. The molecule has 1 heterocycles. The SMILES string of the molecule is COc1ccc(NC(=O)c2n[nH]c(C(C)C)c2Br)cc1NS(C)(=O)=O. The van der Waals surface area contributed by atoms with Gasteiger partial charge < -0.3 is 10.1 Å². The summed E-state index contributed by atoms with van der Waals surface area (Å²) in [5.41, 5.74) is 1.67. The summed E-state index contributed by atoms with van der Waals surface area (Å²) in [6.45, 7) is 3.96. The molecule has 0 saturated heterocycles. The van der Waals surface area contributed by atoms with Crippen molar-refractivity contribution in [2.75, 3.05) is 23.4 Å². The Morgan fingerprint density at radius 3 is 2.56 bits per heavy atom. The number of ether oxygens (including phenoxy) is 1. The number of aromatic nitrogens is 2. The molecule has 0 aliphatic carbocycles. The van der Waals surface area contributed by atoms with E-state index in [1.54, 1.807) is 12.1 Å². The highest BCUT2D eigenvalue weighted by Gasteiger charge is 2.20. The van der Waals surface area contributed by atoms with Gasteiger partial charge in [-0.2, -0.15) is 5.10 Å². The van der Waals surface area contributed by atoms with E-state index >= 15 is 0 Å². The number of H-pyrrole nitrogens is 1. The summed E-state index contributed by atoms with van der Waals surface area (Å²) < 4.78 is 31.0.